The number of thiazole rings is 1. The molecule has 23 heavy (non-hydrogen) atoms. The van der Waals surface area contributed by atoms with Crippen molar-refractivity contribution in [3.8, 4) is 10.4 Å². The number of hydrogen-bond acceptors (Lipinski definition) is 7. The molecule has 0 amide bonds. The fourth-order valence-electron chi connectivity index (χ4n) is 2.04. The van der Waals surface area contributed by atoms with E-state index < -0.39 is 4.92 Å². The van der Waals surface area contributed by atoms with Crippen LogP contribution in [0.4, 0.5) is 16.5 Å². The topological polar surface area (TPSA) is 93.0 Å². The molecule has 0 bridgehead atoms. The number of aromatic nitrogens is 2. The quantitative estimate of drug-likeness (QED) is 0.546. The van der Waals surface area contributed by atoms with Crippen LogP contribution in [-0.4, -0.2) is 14.9 Å². The maximum absolute atomic E-state index is 10.8. The van der Waals surface area contributed by atoms with E-state index >= 15 is 0 Å². The Morgan fingerprint density at radius 3 is 2.70 bits per heavy atom. The minimum atomic E-state index is -0.430. The van der Waals surface area contributed by atoms with Gasteiger partial charge in [0.1, 0.15) is 0 Å². The summed E-state index contributed by atoms with van der Waals surface area (Å²) in [6, 6.07) is 10.1. The Morgan fingerprint density at radius 2 is 1.96 bits per heavy atom. The molecular weight excluding hydrogens is 314 g/mol. The van der Waals surface area contributed by atoms with Gasteiger partial charge < -0.3 is 0 Å². The van der Waals surface area contributed by atoms with Gasteiger partial charge in [-0.05, 0) is 30.7 Å². The van der Waals surface area contributed by atoms with Gasteiger partial charge in [-0.15, -0.1) is 0 Å². The van der Waals surface area contributed by atoms with E-state index in [0.717, 1.165) is 16.1 Å². The van der Waals surface area contributed by atoms with Crippen molar-refractivity contribution in [1.82, 2.24) is 9.97 Å². The molecule has 0 unspecified atom stereocenters. The highest BCUT2D eigenvalue weighted by atomic mass is 32.1. The van der Waals surface area contributed by atoms with Crippen LogP contribution in [0.5, 0.6) is 0 Å². The second kappa shape index (κ2) is 6.41. The zero-order chi connectivity index (χ0) is 16.2. The number of rotatable bonds is 5. The van der Waals surface area contributed by atoms with Gasteiger partial charge in [0.05, 0.1) is 21.2 Å². The van der Waals surface area contributed by atoms with Crippen LogP contribution in [-0.2, 0) is 0 Å². The number of nitrogens with zero attached hydrogens (tertiary/aromatic N) is 3. The molecule has 3 aromatic rings. The highest BCUT2D eigenvalue weighted by molar-refractivity contribution is 7.19. The van der Waals surface area contributed by atoms with E-state index in [2.05, 4.69) is 20.8 Å². The molecule has 0 aliphatic rings. The third kappa shape index (κ3) is 3.43. The Kier molecular flexibility index (Phi) is 4.15. The van der Waals surface area contributed by atoms with Crippen molar-refractivity contribution in [2.24, 2.45) is 0 Å². The zero-order valence-corrected chi connectivity index (χ0v) is 13.0. The predicted octanol–water partition coefficient (Wildman–Crippen LogP) is 3.86. The molecule has 0 aliphatic heterocycles. The molecule has 2 N–H and O–H groups in total. The highest BCUT2D eigenvalue weighted by Gasteiger charge is 2.10. The first-order valence-electron chi connectivity index (χ1n) is 6.78. The fourth-order valence-corrected chi connectivity index (χ4v) is 2.97. The molecule has 1 aromatic carbocycles. The Bertz CT molecular complexity index is 835. The summed E-state index contributed by atoms with van der Waals surface area (Å²) in [6.07, 6.45) is 3.48. The van der Waals surface area contributed by atoms with Crippen LogP contribution in [0.1, 0.15) is 5.69 Å². The van der Waals surface area contributed by atoms with Crippen LogP contribution in [0.25, 0.3) is 10.4 Å². The largest absolute Gasteiger partial charge is 0.299 e. The number of anilines is 2. The van der Waals surface area contributed by atoms with E-state index in [4.69, 9.17) is 0 Å². The first kappa shape index (κ1) is 14.9. The summed E-state index contributed by atoms with van der Waals surface area (Å²) >= 11 is 1.50. The SMILES string of the molecule is Cc1nc(NNc2cccc([N+](=O)[O-])c2)sc1-c1ccncc1. The average molecular weight is 327 g/mol. The minimum Gasteiger partial charge on any atom is -0.299 e. The van der Waals surface area contributed by atoms with E-state index in [1.54, 1.807) is 24.5 Å². The number of pyridine rings is 1. The molecule has 7 nitrogen and oxygen atoms in total. The van der Waals surface area contributed by atoms with Gasteiger partial charge in [0.25, 0.3) is 5.69 Å². The Balaban J connectivity index is 1.75. The van der Waals surface area contributed by atoms with Crippen molar-refractivity contribution in [3.63, 3.8) is 0 Å². The second-order valence-electron chi connectivity index (χ2n) is 4.73. The normalized spacial score (nSPS) is 10.3. The minimum absolute atomic E-state index is 0.0320. The molecule has 0 aliphatic carbocycles. The zero-order valence-electron chi connectivity index (χ0n) is 12.2. The fraction of sp³-hybridized carbons (Fsp3) is 0.0667. The molecule has 3 rings (SSSR count). The molecule has 116 valence electrons. The summed E-state index contributed by atoms with van der Waals surface area (Å²) in [6.45, 7) is 1.94. The monoisotopic (exact) mass is 327 g/mol. The lowest BCUT2D eigenvalue weighted by Gasteiger charge is -2.06. The standard InChI is InChI=1S/C15H13N5O2S/c1-10-14(11-5-7-16-8-6-11)23-15(17-10)19-18-12-3-2-4-13(9-12)20(21)22/h2-9,18H,1H3,(H,17,19). The summed E-state index contributed by atoms with van der Waals surface area (Å²) in [5.41, 5.74) is 8.49. The lowest BCUT2D eigenvalue weighted by molar-refractivity contribution is -0.384. The summed E-state index contributed by atoms with van der Waals surface area (Å²) in [7, 11) is 0. The molecular formula is C15H13N5O2S. The van der Waals surface area contributed by atoms with Crippen molar-refractivity contribution in [3.05, 3.63) is 64.6 Å². The molecule has 0 atom stereocenters. The van der Waals surface area contributed by atoms with Gasteiger partial charge >= 0.3 is 0 Å². The van der Waals surface area contributed by atoms with Gasteiger partial charge in [-0.25, -0.2) is 4.98 Å². The first-order chi connectivity index (χ1) is 11.1. The van der Waals surface area contributed by atoms with Gasteiger partial charge in [0, 0.05) is 24.5 Å². The maximum Gasteiger partial charge on any atom is 0.271 e. The number of nitro benzene ring substituents is 1. The van der Waals surface area contributed by atoms with Crippen molar-refractivity contribution < 1.29 is 4.92 Å². The van der Waals surface area contributed by atoms with Crippen molar-refractivity contribution in [2.75, 3.05) is 10.9 Å². The van der Waals surface area contributed by atoms with Crippen molar-refractivity contribution >= 4 is 27.8 Å². The van der Waals surface area contributed by atoms with Crippen LogP contribution in [0.15, 0.2) is 48.8 Å². The van der Waals surface area contributed by atoms with Crippen LogP contribution in [0.2, 0.25) is 0 Å². The third-order valence-corrected chi connectivity index (χ3v) is 4.23. The van der Waals surface area contributed by atoms with E-state index in [9.17, 15) is 10.1 Å². The van der Waals surface area contributed by atoms with Gasteiger partial charge in [-0.2, -0.15) is 0 Å². The van der Waals surface area contributed by atoms with Gasteiger partial charge in [0.15, 0.2) is 0 Å². The van der Waals surface area contributed by atoms with Gasteiger partial charge in [-0.3, -0.25) is 25.9 Å². The number of non-ortho nitro benzene ring substituents is 1. The second-order valence-corrected chi connectivity index (χ2v) is 5.73. The molecule has 2 heterocycles. The Hall–Kier alpha value is -3.00. The molecule has 0 saturated carbocycles. The average Bonchev–Trinajstić information content (AvgIpc) is 2.95. The van der Waals surface area contributed by atoms with Crippen molar-refractivity contribution in [1.29, 1.82) is 0 Å². The Labute approximate surface area is 136 Å². The molecule has 0 fully saturated rings. The maximum atomic E-state index is 10.8. The first-order valence-corrected chi connectivity index (χ1v) is 7.59. The van der Waals surface area contributed by atoms with E-state index in [1.165, 1.54) is 23.5 Å². The molecule has 2 aromatic heterocycles. The third-order valence-electron chi connectivity index (χ3n) is 3.11. The summed E-state index contributed by atoms with van der Waals surface area (Å²) in [5.74, 6) is 0. The number of aryl methyl sites for hydroxylation is 1. The predicted molar refractivity (Wildman–Crippen MR) is 90.4 cm³/mol. The van der Waals surface area contributed by atoms with E-state index in [1.807, 2.05) is 19.1 Å². The summed E-state index contributed by atoms with van der Waals surface area (Å²) in [5, 5.41) is 11.5. The van der Waals surface area contributed by atoms with Crippen LogP contribution in [0, 0.1) is 17.0 Å². The lowest BCUT2D eigenvalue weighted by atomic mass is 10.2. The smallest absolute Gasteiger partial charge is 0.271 e. The van der Waals surface area contributed by atoms with Crippen LogP contribution < -0.4 is 10.9 Å². The van der Waals surface area contributed by atoms with Gasteiger partial charge in [0.2, 0.25) is 5.13 Å². The van der Waals surface area contributed by atoms with Crippen molar-refractivity contribution in [2.45, 2.75) is 6.92 Å². The molecule has 0 radical (unpaired) electrons. The summed E-state index contributed by atoms with van der Waals surface area (Å²) < 4.78 is 0. The molecule has 0 saturated heterocycles. The highest BCUT2D eigenvalue weighted by Crippen LogP contribution is 2.32. The Morgan fingerprint density at radius 1 is 1.17 bits per heavy atom. The molecule has 0 spiro atoms. The number of nitro groups is 1. The van der Waals surface area contributed by atoms with E-state index in [0.29, 0.717) is 10.8 Å². The molecule has 8 heteroatoms. The number of hydrogen-bond donors (Lipinski definition) is 2. The van der Waals surface area contributed by atoms with Crippen LogP contribution >= 0.6 is 11.3 Å². The van der Waals surface area contributed by atoms with E-state index in [-0.39, 0.29) is 5.69 Å². The number of benzene rings is 1. The lowest BCUT2D eigenvalue weighted by Crippen LogP contribution is -2.08. The van der Waals surface area contributed by atoms with Gasteiger partial charge in [-0.1, -0.05) is 17.4 Å². The number of nitrogens with one attached hydrogen (secondary N) is 2. The van der Waals surface area contributed by atoms with Crippen LogP contribution in [0.3, 0.4) is 0 Å². The summed E-state index contributed by atoms with van der Waals surface area (Å²) in [4.78, 5) is 19.9. The number of hydrazine groups is 1.